The molecule has 4 rings (SSSR count). The van der Waals surface area contributed by atoms with Crippen LogP contribution in [0.3, 0.4) is 0 Å². The van der Waals surface area contributed by atoms with E-state index in [9.17, 15) is 9.18 Å². The average molecular weight is 386 g/mol. The first-order valence-corrected chi connectivity index (χ1v) is 9.82. The maximum absolute atomic E-state index is 14.0. The summed E-state index contributed by atoms with van der Waals surface area (Å²) in [5.74, 6) is 1.88. The number of rotatable bonds is 6. The minimum atomic E-state index is -0.166. The topological polar surface area (TPSA) is 66.3 Å². The number of carbonyl (C=O) groups excluding carboxylic acids is 1. The third-order valence-electron chi connectivity index (χ3n) is 5.74. The third-order valence-corrected chi connectivity index (χ3v) is 5.74. The van der Waals surface area contributed by atoms with Crippen molar-refractivity contribution in [3.63, 3.8) is 0 Å². The summed E-state index contributed by atoms with van der Waals surface area (Å²) in [6, 6.07) is 6.97. The van der Waals surface area contributed by atoms with Crippen molar-refractivity contribution in [2.24, 2.45) is 11.8 Å². The molecule has 0 saturated carbocycles. The van der Waals surface area contributed by atoms with Crippen molar-refractivity contribution in [1.29, 1.82) is 0 Å². The van der Waals surface area contributed by atoms with E-state index in [2.05, 4.69) is 20.4 Å². The number of nitrogens with zero attached hydrogens (tertiary/aromatic N) is 5. The van der Waals surface area contributed by atoms with Gasteiger partial charge in [0, 0.05) is 51.3 Å². The summed E-state index contributed by atoms with van der Waals surface area (Å²) in [5.41, 5.74) is 0.738. The molecule has 2 atom stereocenters. The van der Waals surface area contributed by atoms with E-state index in [4.69, 9.17) is 0 Å². The van der Waals surface area contributed by atoms with E-state index >= 15 is 0 Å². The van der Waals surface area contributed by atoms with Crippen LogP contribution < -0.4 is 5.32 Å². The SMILES string of the molecule is CN(C)CCNC(=O)c1nnc2n1C[C@@H]1CN(Cc3ccccc3F)C[C@H]1C2. The van der Waals surface area contributed by atoms with Gasteiger partial charge in [-0.05, 0) is 32.0 Å². The molecule has 1 aromatic carbocycles. The summed E-state index contributed by atoms with van der Waals surface area (Å²) in [4.78, 5) is 16.8. The van der Waals surface area contributed by atoms with E-state index in [1.54, 1.807) is 6.07 Å². The van der Waals surface area contributed by atoms with Crippen LogP contribution in [-0.4, -0.2) is 70.7 Å². The fourth-order valence-corrected chi connectivity index (χ4v) is 4.26. The number of amides is 1. The van der Waals surface area contributed by atoms with Crippen molar-refractivity contribution >= 4 is 5.91 Å². The Hall–Kier alpha value is -2.32. The second kappa shape index (κ2) is 7.97. The molecule has 1 saturated heterocycles. The fraction of sp³-hybridized carbons (Fsp3) is 0.550. The molecule has 0 spiro atoms. The highest BCUT2D eigenvalue weighted by Gasteiger charge is 2.39. The molecule has 2 aliphatic heterocycles. The van der Waals surface area contributed by atoms with E-state index in [-0.39, 0.29) is 11.7 Å². The van der Waals surface area contributed by atoms with Gasteiger partial charge in [0.05, 0.1) is 0 Å². The molecule has 0 unspecified atom stereocenters. The van der Waals surface area contributed by atoms with Crippen LogP contribution in [0.4, 0.5) is 4.39 Å². The van der Waals surface area contributed by atoms with Crippen LogP contribution in [0.25, 0.3) is 0 Å². The molecule has 1 amide bonds. The van der Waals surface area contributed by atoms with Crippen molar-refractivity contribution in [3.05, 3.63) is 47.3 Å². The lowest BCUT2D eigenvalue weighted by molar-refractivity contribution is 0.0932. The Bertz CT molecular complexity index is 851. The van der Waals surface area contributed by atoms with Gasteiger partial charge in [0.2, 0.25) is 5.82 Å². The molecular weight excluding hydrogens is 359 g/mol. The molecule has 2 aliphatic rings. The first-order valence-electron chi connectivity index (χ1n) is 9.82. The van der Waals surface area contributed by atoms with Crippen molar-refractivity contribution in [2.45, 2.75) is 19.5 Å². The first-order chi connectivity index (χ1) is 13.5. The van der Waals surface area contributed by atoms with Crippen LogP contribution in [-0.2, 0) is 19.5 Å². The summed E-state index contributed by atoms with van der Waals surface area (Å²) in [6.45, 7) is 4.56. The Morgan fingerprint density at radius 2 is 2.00 bits per heavy atom. The first kappa shape index (κ1) is 19.0. The summed E-state index contributed by atoms with van der Waals surface area (Å²) in [7, 11) is 3.94. The third kappa shape index (κ3) is 3.93. The molecule has 2 aromatic rings. The molecule has 3 heterocycles. The summed E-state index contributed by atoms with van der Waals surface area (Å²) in [5, 5.41) is 11.3. The van der Waals surface area contributed by atoms with E-state index in [1.165, 1.54) is 6.07 Å². The summed E-state index contributed by atoms with van der Waals surface area (Å²) >= 11 is 0. The van der Waals surface area contributed by atoms with Crippen molar-refractivity contribution < 1.29 is 9.18 Å². The van der Waals surface area contributed by atoms with Crippen LogP contribution in [0.1, 0.15) is 22.0 Å². The lowest BCUT2D eigenvalue weighted by Crippen LogP contribution is -2.35. The largest absolute Gasteiger partial charge is 0.348 e. The quantitative estimate of drug-likeness (QED) is 0.803. The number of likely N-dealkylation sites (tertiary alicyclic amines) is 1. The number of nitrogens with one attached hydrogen (secondary N) is 1. The molecule has 8 heteroatoms. The van der Waals surface area contributed by atoms with Gasteiger partial charge in [-0.3, -0.25) is 9.69 Å². The standard InChI is InChI=1S/C20H27FN6O/c1-25(2)8-7-22-20(28)19-24-23-18-9-15-11-26(12-16(15)13-27(18)19)10-14-5-3-4-6-17(14)21/h3-6,15-16H,7-13H2,1-2H3,(H,22,28)/t15-,16+/m1/s1. The Morgan fingerprint density at radius 3 is 2.79 bits per heavy atom. The Kier molecular flexibility index (Phi) is 5.41. The predicted molar refractivity (Wildman–Crippen MR) is 103 cm³/mol. The lowest BCUT2D eigenvalue weighted by atomic mass is 9.89. The molecule has 1 N–H and O–H groups in total. The smallest absolute Gasteiger partial charge is 0.289 e. The number of carbonyl (C=O) groups is 1. The van der Waals surface area contributed by atoms with E-state index < -0.39 is 0 Å². The number of likely N-dealkylation sites (N-methyl/N-ethyl adjacent to an activating group) is 1. The fourth-order valence-electron chi connectivity index (χ4n) is 4.26. The lowest BCUT2D eigenvalue weighted by Gasteiger charge is -2.25. The maximum atomic E-state index is 14.0. The molecule has 0 aliphatic carbocycles. The zero-order valence-corrected chi connectivity index (χ0v) is 16.4. The molecule has 28 heavy (non-hydrogen) atoms. The minimum absolute atomic E-state index is 0.147. The normalized spacial score (nSPS) is 21.6. The van der Waals surface area contributed by atoms with Gasteiger partial charge in [0.1, 0.15) is 11.6 Å². The van der Waals surface area contributed by atoms with Gasteiger partial charge in [-0.2, -0.15) is 0 Å². The highest BCUT2D eigenvalue weighted by atomic mass is 19.1. The highest BCUT2D eigenvalue weighted by Crippen LogP contribution is 2.33. The summed E-state index contributed by atoms with van der Waals surface area (Å²) < 4.78 is 15.9. The molecular formula is C20H27FN6O. The monoisotopic (exact) mass is 386 g/mol. The Morgan fingerprint density at radius 1 is 1.21 bits per heavy atom. The van der Waals surface area contributed by atoms with Crippen molar-refractivity contribution in [2.75, 3.05) is 40.3 Å². The maximum Gasteiger partial charge on any atom is 0.289 e. The van der Waals surface area contributed by atoms with Gasteiger partial charge >= 0.3 is 0 Å². The van der Waals surface area contributed by atoms with Crippen LogP contribution in [0.2, 0.25) is 0 Å². The number of halogens is 1. The summed E-state index contributed by atoms with van der Waals surface area (Å²) in [6.07, 6.45) is 0.816. The molecule has 1 fully saturated rings. The zero-order chi connectivity index (χ0) is 19.7. The van der Waals surface area contributed by atoms with Crippen LogP contribution >= 0.6 is 0 Å². The number of hydrogen-bond donors (Lipinski definition) is 1. The van der Waals surface area contributed by atoms with Gasteiger partial charge in [-0.15, -0.1) is 10.2 Å². The van der Waals surface area contributed by atoms with Crippen molar-refractivity contribution in [3.8, 4) is 0 Å². The average Bonchev–Trinajstić information content (AvgIpc) is 3.23. The van der Waals surface area contributed by atoms with Crippen LogP contribution in [0, 0.1) is 17.7 Å². The van der Waals surface area contributed by atoms with Crippen molar-refractivity contribution in [1.82, 2.24) is 29.9 Å². The number of benzene rings is 1. The molecule has 7 nitrogen and oxygen atoms in total. The van der Waals surface area contributed by atoms with Gasteiger partial charge in [0.15, 0.2) is 0 Å². The molecule has 0 radical (unpaired) electrons. The number of aromatic nitrogens is 3. The van der Waals surface area contributed by atoms with E-state index in [0.29, 0.717) is 30.7 Å². The Balaban J connectivity index is 1.40. The predicted octanol–water partition coefficient (Wildman–Crippen LogP) is 1.01. The Labute approximate surface area is 164 Å². The zero-order valence-electron chi connectivity index (χ0n) is 16.4. The number of hydrogen-bond acceptors (Lipinski definition) is 5. The van der Waals surface area contributed by atoms with Crippen LogP contribution in [0.15, 0.2) is 24.3 Å². The van der Waals surface area contributed by atoms with Gasteiger partial charge in [0.25, 0.3) is 5.91 Å². The minimum Gasteiger partial charge on any atom is -0.348 e. The second-order valence-corrected chi connectivity index (χ2v) is 8.12. The van der Waals surface area contributed by atoms with Crippen LogP contribution in [0.5, 0.6) is 0 Å². The molecule has 0 bridgehead atoms. The van der Waals surface area contributed by atoms with Gasteiger partial charge in [-0.25, -0.2) is 4.39 Å². The van der Waals surface area contributed by atoms with E-state index in [1.807, 2.05) is 35.7 Å². The molecule has 150 valence electrons. The number of fused-ring (bicyclic) bond motifs is 2. The van der Waals surface area contributed by atoms with E-state index in [0.717, 1.165) is 44.0 Å². The highest BCUT2D eigenvalue weighted by molar-refractivity contribution is 5.90. The van der Waals surface area contributed by atoms with Gasteiger partial charge < -0.3 is 14.8 Å². The second-order valence-electron chi connectivity index (χ2n) is 8.12. The van der Waals surface area contributed by atoms with Gasteiger partial charge in [-0.1, -0.05) is 18.2 Å². The molecule has 1 aromatic heterocycles.